The van der Waals surface area contributed by atoms with Gasteiger partial charge in [-0.2, -0.15) is 0 Å². The Bertz CT molecular complexity index is 352. The second kappa shape index (κ2) is 4.83. The minimum Gasteiger partial charge on any atom is -0.342 e. The van der Waals surface area contributed by atoms with Gasteiger partial charge in [0.1, 0.15) is 0 Å². The van der Waals surface area contributed by atoms with E-state index in [-0.39, 0.29) is 24.3 Å². The average molecular weight is 239 g/mol. The van der Waals surface area contributed by atoms with Crippen LogP contribution in [0, 0.1) is 0 Å². The number of nitrogens with one attached hydrogen (secondary N) is 2. The summed E-state index contributed by atoms with van der Waals surface area (Å²) in [5.74, 6) is -0.574. The van der Waals surface area contributed by atoms with E-state index in [2.05, 4.69) is 10.6 Å². The van der Waals surface area contributed by atoms with E-state index < -0.39 is 6.04 Å². The van der Waals surface area contributed by atoms with Crippen LogP contribution in [0.2, 0.25) is 0 Å². The summed E-state index contributed by atoms with van der Waals surface area (Å²) < 4.78 is 0. The summed E-state index contributed by atoms with van der Waals surface area (Å²) in [5, 5.41) is 5.15. The van der Waals surface area contributed by atoms with Crippen molar-refractivity contribution >= 4 is 17.7 Å². The van der Waals surface area contributed by atoms with Gasteiger partial charge in [0.25, 0.3) is 0 Å². The standard InChI is InChI=1S/C11H17N3O3/c1-14(7-2-3-7)10(16)6-12-8-4-5-9(15)13-11(8)17/h7-8,12H,2-6H2,1H3,(H,13,15,17). The first-order valence-electron chi connectivity index (χ1n) is 5.90. The molecule has 0 aromatic carbocycles. The number of rotatable bonds is 4. The molecule has 17 heavy (non-hydrogen) atoms. The van der Waals surface area contributed by atoms with Gasteiger partial charge in [-0.25, -0.2) is 0 Å². The summed E-state index contributed by atoms with van der Waals surface area (Å²) in [6.45, 7) is 0.152. The zero-order valence-electron chi connectivity index (χ0n) is 9.86. The Hall–Kier alpha value is -1.43. The lowest BCUT2D eigenvalue weighted by molar-refractivity contribution is -0.135. The summed E-state index contributed by atoms with van der Waals surface area (Å²) in [7, 11) is 1.78. The molecule has 0 bridgehead atoms. The Morgan fingerprint density at radius 2 is 2.12 bits per heavy atom. The summed E-state index contributed by atoms with van der Waals surface area (Å²) in [6.07, 6.45) is 2.93. The van der Waals surface area contributed by atoms with E-state index >= 15 is 0 Å². The number of carbonyl (C=O) groups is 3. The van der Waals surface area contributed by atoms with Crippen LogP contribution in [0.5, 0.6) is 0 Å². The maximum Gasteiger partial charge on any atom is 0.243 e. The van der Waals surface area contributed by atoms with Gasteiger partial charge in [-0.05, 0) is 19.3 Å². The molecule has 1 heterocycles. The topological polar surface area (TPSA) is 78.5 Å². The lowest BCUT2D eigenvalue weighted by atomic mass is 10.1. The third-order valence-electron chi connectivity index (χ3n) is 3.23. The first-order valence-corrected chi connectivity index (χ1v) is 5.90. The van der Waals surface area contributed by atoms with Crippen LogP contribution in [0.4, 0.5) is 0 Å². The number of imide groups is 1. The average Bonchev–Trinajstić information content (AvgIpc) is 3.10. The quantitative estimate of drug-likeness (QED) is 0.617. The van der Waals surface area contributed by atoms with Gasteiger partial charge in [0.05, 0.1) is 12.6 Å². The highest BCUT2D eigenvalue weighted by atomic mass is 16.2. The van der Waals surface area contributed by atoms with E-state index in [1.807, 2.05) is 0 Å². The Kier molecular flexibility index (Phi) is 3.42. The Labute approximate surface area is 99.7 Å². The predicted molar refractivity (Wildman–Crippen MR) is 60.0 cm³/mol. The monoisotopic (exact) mass is 239 g/mol. The predicted octanol–water partition coefficient (Wildman–Crippen LogP) is -0.998. The molecule has 1 atom stereocenters. The van der Waals surface area contributed by atoms with E-state index in [9.17, 15) is 14.4 Å². The number of nitrogens with zero attached hydrogens (tertiary/aromatic N) is 1. The Balaban J connectivity index is 1.75. The van der Waals surface area contributed by atoms with Crippen molar-refractivity contribution in [1.82, 2.24) is 15.5 Å². The van der Waals surface area contributed by atoms with Crippen molar-refractivity contribution in [2.45, 2.75) is 37.8 Å². The van der Waals surface area contributed by atoms with Crippen molar-refractivity contribution in [1.29, 1.82) is 0 Å². The number of piperidine rings is 1. The third-order valence-corrected chi connectivity index (χ3v) is 3.23. The maximum atomic E-state index is 11.7. The molecule has 1 aliphatic carbocycles. The molecule has 94 valence electrons. The van der Waals surface area contributed by atoms with Crippen LogP contribution in [-0.4, -0.2) is 48.3 Å². The molecule has 2 aliphatic rings. The molecule has 1 aliphatic heterocycles. The van der Waals surface area contributed by atoms with E-state index in [0.29, 0.717) is 18.9 Å². The fourth-order valence-corrected chi connectivity index (χ4v) is 1.89. The van der Waals surface area contributed by atoms with Crippen molar-refractivity contribution in [3.8, 4) is 0 Å². The first-order chi connectivity index (χ1) is 8.08. The fourth-order valence-electron chi connectivity index (χ4n) is 1.89. The summed E-state index contributed by atoms with van der Waals surface area (Å²) in [5.41, 5.74) is 0. The second-order valence-corrected chi connectivity index (χ2v) is 4.62. The summed E-state index contributed by atoms with van der Waals surface area (Å²) >= 11 is 0. The zero-order valence-corrected chi connectivity index (χ0v) is 9.86. The van der Waals surface area contributed by atoms with Gasteiger partial charge in [-0.15, -0.1) is 0 Å². The van der Waals surface area contributed by atoms with Crippen LogP contribution in [0.1, 0.15) is 25.7 Å². The van der Waals surface area contributed by atoms with Crippen molar-refractivity contribution < 1.29 is 14.4 Å². The summed E-state index contributed by atoms with van der Waals surface area (Å²) in [4.78, 5) is 35.8. The number of hydrogen-bond acceptors (Lipinski definition) is 4. The van der Waals surface area contributed by atoms with Gasteiger partial charge in [0.15, 0.2) is 0 Å². The van der Waals surface area contributed by atoms with Gasteiger partial charge in [0, 0.05) is 19.5 Å². The third kappa shape index (κ3) is 3.03. The zero-order chi connectivity index (χ0) is 12.4. The minimum absolute atomic E-state index is 0.00259. The highest BCUT2D eigenvalue weighted by Gasteiger charge is 2.31. The molecule has 2 N–H and O–H groups in total. The molecule has 0 spiro atoms. The van der Waals surface area contributed by atoms with Gasteiger partial charge in [-0.1, -0.05) is 0 Å². The van der Waals surface area contributed by atoms with E-state index in [0.717, 1.165) is 12.8 Å². The first kappa shape index (κ1) is 12.0. The molecule has 6 nitrogen and oxygen atoms in total. The largest absolute Gasteiger partial charge is 0.342 e. The molecule has 3 amide bonds. The van der Waals surface area contributed by atoms with Crippen LogP contribution in [0.25, 0.3) is 0 Å². The van der Waals surface area contributed by atoms with E-state index in [1.54, 1.807) is 11.9 Å². The van der Waals surface area contributed by atoms with Gasteiger partial charge in [0.2, 0.25) is 17.7 Å². The lowest BCUT2D eigenvalue weighted by Crippen LogP contribution is -2.52. The Morgan fingerprint density at radius 3 is 2.71 bits per heavy atom. The summed E-state index contributed by atoms with van der Waals surface area (Å²) in [6, 6.07) is -0.0460. The molecule has 0 aromatic rings. The normalized spacial score (nSPS) is 24.4. The van der Waals surface area contributed by atoms with Crippen LogP contribution in [0.3, 0.4) is 0 Å². The van der Waals surface area contributed by atoms with Gasteiger partial charge >= 0.3 is 0 Å². The molecular formula is C11H17N3O3. The molecule has 6 heteroatoms. The number of likely N-dealkylation sites (N-methyl/N-ethyl adjacent to an activating group) is 1. The van der Waals surface area contributed by atoms with Crippen molar-refractivity contribution in [2.24, 2.45) is 0 Å². The molecular weight excluding hydrogens is 222 g/mol. The van der Waals surface area contributed by atoms with Gasteiger partial charge < -0.3 is 4.90 Å². The highest BCUT2D eigenvalue weighted by molar-refractivity contribution is 6.00. The molecule has 2 fully saturated rings. The van der Waals surface area contributed by atoms with Crippen molar-refractivity contribution in [3.05, 3.63) is 0 Å². The second-order valence-electron chi connectivity index (χ2n) is 4.62. The van der Waals surface area contributed by atoms with E-state index in [1.165, 1.54) is 0 Å². The Morgan fingerprint density at radius 1 is 1.41 bits per heavy atom. The van der Waals surface area contributed by atoms with E-state index in [4.69, 9.17) is 0 Å². The number of carbonyl (C=O) groups excluding carboxylic acids is 3. The van der Waals surface area contributed by atoms with Crippen LogP contribution in [-0.2, 0) is 14.4 Å². The molecule has 2 rings (SSSR count). The van der Waals surface area contributed by atoms with Crippen molar-refractivity contribution in [2.75, 3.05) is 13.6 Å². The van der Waals surface area contributed by atoms with Crippen LogP contribution >= 0.6 is 0 Å². The van der Waals surface area contributed by atoms with Crippen molar-refractivity contribution in [3.63, 3.8) is 0 Å². The number of hydrogen-bond donors (Lipinski definition) is 2. The van der Waals surface area contributed by atoms with Gasteiger partial charge in [-0.3, -0.25) is 25.0 Å². The SMILES string of the molecule is CN(C(=O)CNC1CCC(=O)NC1=O)C1CC1. The molecule has 1 saturated carbocycles. The smallest absolute Gasteiger partial charge is 0.243 e. The van der Waals surface area contributed by atoms with Crippen LogP contribution < -0.4 is 10.6 Å². The molecule has 1 saturated heterocycles. The van der Waals surface area contributed by atoms with Crippen LogP contribution in [0.15, 0.2) is 0 Å². The number of amides is 3. The molecule has 0 radical (unpaired) electrons. The molecule has 1 unspecified atom stereocenters. The minimum atomic E-state index is -0.427. The lowest BCUT2D eigenvalue weighted by Gasteiger charge is -2.23. The fraction of sp³-hybridized carbons (Fsp3) is 0.727. The highest BCUT2D eigenvalue weighted by Crippen LogP contribution is 2.25. The maximum absolute atomic E-state index is 11.7. The molecule has 0 aromatic heterocycles.